The monoisotopic (exact) mass is 504 g/mol. The van der Waals surface area contributed by atoms with Gasteiger partial charge >= 0.3 is 0 Å². The summed E-state index contributed by atoms with van der Waals surface area (Å²) < 4.78 is 26.4. The van der Waals surface area contributed by atoms with E-state index in [4.69, 9.17) is 0 Å². The van der Waals surface area contributed by atoms with Gasteiger partial charge in [0.1, 0.15) is 5.82 Å². The second kappa shape index (κ2) is 9.48. The van der Waals surface area contributed by atoms with E-state index in [2.05, 4.69) is 15.2 Å². The maximum Gasteiger partial charge on any atom is 0.255 e. The summed E-state index contributed by atoms with van der Waals surface area (Å²) in [5.74, 6) is 0.110. The van der Waals surface area contributed by atoms with Crippen LogP contribution in [0.5, 0.6) is 0 Å². The number of nitrogens with zero attached hydrogens (tertiary/aromatic N) is 3. The number of amides is 2. The summed E-state index contributed by atoms with van der Waals surface area (Å²) in [5.41, 5.74) is 3.81. The van der Waals surface area contributed by atoms with E-state index in [1.54, 1.807) is 23.1 Å². The molecule has 9 heteroatoms. The van der Waals surface area contributed by atoms with Crippen molar-refractivity contribution < 1.29 is 18.0 Å². The Bertz CT molecular complexity index is 1450. The van der Waals surface area contributed by atoms with Gasteiger partial charge in [0.2, 0.25) is 5.91 Å². The molecule has 1 atom stereocenters. The fourth-order valence-electron chi connectivity index (χ4n) is 5.12. The quantitative estimate of drug-likeness (QED) is 0.588. The zero-order valence-electron chi connectivity index (χ0n) is 20.3. The maximum absolute atomic E-state index is 13.2. The number of hydrogen-bond donors (Lipinski definition) is 1. The molecule has 0 saturated carbocycles. The van der Waals surface area contributed by atoms with Crippen LogP contribution < -0.4 is 5.32 Å². The Labute approximate surface area is 210 Å². The van der Waals surface area contributed by atoms with E-state index in [0.717, 1.165) is 22.3 Å². The summed E-state index contributed by atoms with van der Waals surface area (Å²) in [6.07, 6.45) is 1.50. The molecular formula is C27H28N4O4S. The van der Waals surface area contributed by atoms with Gasteiger partial charge in [0.05, 0.1) is 22.3 Å². The Morgan fingerprint density at radius 2 is 1.64 bits per heavy atom. The Morgan fingerprint density at radius 3 is 2.33 bits per heavy atom. The number of nitrogens with one attached hydrogen (secondary N) is 1. The number of fused-ring (bicyclic) bond motifs is 2. The maximum atomic E-state index is 13.2. The number of carbonyl (C=O) groups is 2. The number of pyridine rings is 1. The third-order valence-electron chi connectivity index (χ3n) is 6.83. The first-order valence-corrected chi connectivity index (χ1v) is 13.6. The fourth-order valence-corrected chi connectivity index (χ4v) is 6.77. The molecule has 186 valence electrons. The largest absolute Gasteiger partial charge is 0.336 e. The molecule has 1 fully saturated rings. The summed E-state index contributed by atoms with van der Waals surface area (Å²) >= 11 is 0. The van der Waals surface area contributed by atoms with Gasteiger partial charge in [-0.05, 0) is 41.3 Å². The van der Waals surface area contributed by atoms with Crippen molar-refractivity contribution in [3.63, 3.8) is 0 Å². The highest BCUT2D eigenvalue weighted by Crippen LogP contribution is 2.40. The molecule has 1 aromatic heterocycles. The Kier molecular flexibility index (Phi) is 6.36. The van der Waals surface area contributed by atoms with Crippen LogP contribution in [0.2, 0.25) is 0 Å². The molecule has 2 amide bonds. The van der Waals surface area contributed by atoms with Gasteiger partial charge in [-0.1, -0.05) is 42.5 Å². The van der Waals surface area contributed by atoms with Crippen LogP contribution in [-0.2, 0) is 20.4 Å². The molecule has 8 nitrogen and oxygen atoms in total. The number of anilines is 1. The first-order valence-electron chi connectivity index (χ1n) is 11.9. The standard InChI is InChI=1S/C27H28N4O4S/c1-18-15-21(16-28-26(18)29-19(2)32)27(33)31-13-11-30(12-14-31)25-22-8-4-3-7-20(22)17-36(34,35)24-10-6-5-9-23(24)25/h3-10,15-16,25H,11-14,17H2,1-2H3,(H,28,29,32). The number of rotatable bonds is 3. The van der Waals surface area contributed by atoms with Crippen molar-refractivity contribution in [1.29, 1.82) is 0 Å². The van der Waals surface area contributed by atoms with E-state index in [-0.39, 0.29) is 23.6 Å². The van der Waals surface area contributed by atoms with Crippen LogP contribution in [0.25, 0.3) is 0 Å². The molecule has 3 aromatic rings. The molecule has 1 N–H and O–H groups in total. The van der Waals surface area contributed by atoms with Crippen LogP contribution in [0.15, 0.2) is 65.7 Å². The SMILES string of the molecule is CC(=O)Nc1ncc(C(=O)N2CCN(C3c4ccccc4CS(=O)(=O)c4ccccc43)CC2)cc1C. The lowest BCUT2D eigenvalue weighted by Gasteiger charge is -2.40. The first kappa shape index (κ1) is 24.1. The van der Waals surface area contributed by atoms with Crippen molar-refractivity contribution in [2.75, 3.05) is 31.5 Å². The summed E-state index contributed by atoms with van der Waals surface area (Å²) in [4.78, 5) is 33.2. The summed E-state index contributed by atoms with van der Waals surface area (Å²) in [6, 6.07) is 16.5. The minimum atomic E-state index is -3.46. The van der Waals surface area contributed by atoms with E-state index in [1.807, 2.05) is 43.3 Å². The molecule has 2 aromatic carbocycles. The number of benzene rings is 2. The number of carbonyl (C=O) groups excluding carboxylic acids is 2. The minimum Gasteiger partial charge on any atom is -0.336 e. The van der Waals surface area contributed by atoms with E-state index in [9.17, 15) is 18.0 Å². The van der Waals surface area contributed by atoms with Crippen LogP contribution in [0.4, 0.5) is 5.82 Å². The Balaban J connectivity index is 1.39. The number of aryl methyl sites for hydroxylation is 1. The molecule has 1 saturated heterocycles. The Morgan fingerprint density at radius 1 is 0.972 bits per heavy atom. The van der Waals surface area contributed by atoms with Gasteiger partial charge < -0.3 is 10.2 Å². The van der Waals surface area contributed by atoms with Crippen molar-refractivity contribution in [2.45, 2.75) is 30.5 Å². The third kappa shape index (κ3) is 4.52. The number of sulfone groups is 1. The van der Waals surface area contributed by atoms with Gasteiger partial charge in [0.25, 0.3) is 5.91 Å². The van der Waals surface area contributed by atoms with Crippen molar-refractivity contribution in [2.24, 2.45) is 0 Å². The zero-order chi connectivity index (χ0) is 25.4. The van der Waals surface area contributed by atoms with Gasteiger partial charge in [-0.15, -0.1) is 0 Å². The summed E-state index contributed by atoms with van der Waals surface area (Å²) in [5, 5.41) is 2.66. The smallest absolute Gasteiger partial charge is 0.255 e. The average molecular weight is 505 g/mol. The highest BCUT2D eigenvalue weighted by Gasteiger charge is 2.36. The molecule has 2 aliphatic heterocycles. The lowest BCUT2D eigenvalue weighted by atomic mass is 9.93. The fraction of sp³-hybridized carbons (Fsp3) is 0.296. The second-order valence-corrected chi connectivity index (χ2v) is 11.3. The molecule has 0 radical (unpaired) electrons. The molecule has 0 spiro atoms. The number of piperazine rings is 1. The lowest BCUT2D eigenvalue weighted by molar-refractivity contribution is -0.114. The topological polar surface area (TPSA) is 99.7 Å². The highest BCUT2D eigenvalue weighted by atomic mass is 32.2. The highest BCUT2D eigenvalue weighted by molar-refractivity contribution is 7.90. The van der Waals surface area contributed by atoms with Crippen LogP contribution in [0.3, 0.4) is 0 Å². The average Bonchev–Trinajstić information content (AvgIpc) is 2.96. The normalized spacial score (nSPS) is 19.1. The summed E-state index contributed by atoms with van der Waals surface area (Å²) in [6.45, 7) is 5.46. The molecule has 0 bridgehead atoms. The van der Waals surface area contributed by atoms with Gasteiger partial charge in [-0.25, -0.2) is 13.4 Å². The lowest BCUT2D eigenvalue weighted by Crippen LogP contribution is -2.50. The van der Waals surface area contributed by atoms with Crippen LogP contribution >= 0.6 is 0 Å². The van der Waals surface area contributed by atoms with Crippen molar-refractivity contribution in [1.82, 2.24) is 14.8 Å². The van der Waals surface area contributed by atoms with Crippen LogP contribution in [-0.4, -0.2) is 61.2 Å². The predicted octanol–water partition coefficient (Wildman–Crippen LogP) is 3.18. The number of aromatic nitrogens is 1. The second-order valence-electron chi connectivity index (χ2n) is 9.30. The molecule has 1 unspecified atom stereocenters. The zero-order valence-corrected chi connectivity index (χ0v) is 21.1. The molecule has 36 heavy (non-hydrogen) atoms. The molecular weight excluding hydrogens is 476 g/mol. The Hall–Kier alpha value is -3.56. The van der Waals surface area contributed by atoms with Crippen LogP contribution in [0, 0.1) is 6.92 Å². The molecule has 0 aliphatic carbocycles. The predicted molar refractivity (Wildman–Crippen MR) is 136 cm³/mol. The van der Waals surface area contributed by atoms with Crippen LogP contribution in [0.1, 0.15) is 45.6 Å². The summed E-state index contributed by atoms with van der Waals surface area (Å²) in [7, 11) is -3.46. The third-order valence-corrected chi connectivity index (χ3v) is 8.56. The molecule has 2 aliphatic rings. The molecule has 3 heterocycles. The van der Waals surface area contributed by atoms with Gasteiger partial charge in [0.15, 0.2) is 9.84 Å². The van der Waals surface area contributed by atoms with E-state index in [1.165, 1.54) is 13.1 Å². The van der Waals surface area contributed by atoms with E-state index < -0.39 is 9.84 Å². The number of hydrogen-bond acceptors (Lipinski definition) is 6. The van der Waals surface area contributed by atoms with E-state index in [0.29, 0.717) is 42.5 Å². The van der Waals surface area contributed by atoms with Gasteiger partial charge in [0, 0.05) is 39.3 Å². The first-order chi connectivity index (χ1) is 17.2. The van der Waals surface area contributed by atoms with E-state index >= 15 is 0 Å². The molecule has 5 rings (SSSR count). The van der Waals surface area contributed by atoms with Crippen molar-refractivity contribution in [3.8, 4) is 0 Å². The van der Waals surface area contributed by atoms with Gasteiger partial charge in [-0.2, -0.15) is 0 Å². The van der Waals surface area contributed by atoms with Crippen molar-refractivity contribution >= 4 is 27.5 Å². The van der Waals surface area contributed by atoms with Gasteiger partial charge in [-0.3, -0.25) is 14.5 Å². The minimum absolute atomic E-state index is 0.0179. The van der Waals surface area contributed by atoms with Crippen molar-refractivity contribution in [3.05, 3.63) is 88.6 Å².